The molecular weight excluding hydrogens is 680 g/mol. The fourth-order valence-corrected chi connectivity index (χ4v) is 6.80. The van der Waals surface area contributed by atoms with E-state index in [9.17, 15) is 4.79 Å². The molecule has 0 radical (unpaired) electrons. The summed E-state index contributed by atoms with van der Waals surface area (Å²) in [5, 5.41) is 42.8. The van der Waals surface area contributed by atoms with Crippen molar-refractivity contribution in [2.45, 2.75) is 146 Å². The van der Waals surface area contributed by atoms with Crippen molar-refractivity contribution in [2.75, 3.05) is 13.2 Å². The normalized spacial score (nSPS) is 19.3. The van der Waals surface area contributed by atoms with E-state index < -0.39 is 5.97 Å². The average molecular weight is 761 g/mol. The number of carboxylic acids is 1. The Hall–Kier alpha value is -2.65. The second-order valence-electron chi connectivity index (χ2n) is 17.5. The van der Waals surface area contributed by atoms with Crippen molar-refractivity contribution in [3.63, 3.8) is 0 Å². The zero-order valence-corrected chi connectivity index (χ0v) is 35.7. The number of carboxylic acid groups (broad SMARTS) is 1. The molecule has 2 fully saturated rings. The van der Waals surface area contributed by atoms with E-state index in [-0.39, 0.29) is 0 Å². The Kier molecular flexibility index (Phi) is 29.1. The molecule has 0 bridgehead atoms. The van der Waals surface area contributed by atoms with Crippen LogP contribution in [0.5, 0.6) is 11.5 Å². The summed E-state index contributed by atoms with van der Waals surface area (Å²) in [5.74, 6) is 6.41. The SMILES string of the molecule is CC(C)C1CCC(COO)C1.CC(C)C1CCCC(COO)C1.CC(C)CCC(=O)O.CC(C)CCc1ccc(O)cc1.CC(C)Cc1ccc(O)cc1. The maximum absolute atomic E-state index is 9.90. The molecule has 2 aliphatic carbocycles. The fourth-order valence-electron chi connectivity index (χ4n) is 6.80. The van der Waals surface area contributed by atoms with Gasteiger partial charge in [-0.3, -0.25) is 15.3 Å². The highest BCUT2D eigenvalue weighted by atomic mass is 17.1. The van der Waals surface area contributed by atoms with Crippen molar-refractivity contribution in [3.8, 4) is 11.5 Å². The summed E-state index contributed by atoms with van der Waals surface area (Å²) in [6, 6.07) is 14.9. The van der Waals surface area contributed by atoms with Crippen LogP contribution < -0.4 is 0 Å². The molecule has 0 aromatic heterocycles. The van der Waals surface area contributed by atoms with Crippen LogP contribution in [0.25, 0.3) is 0 Å². The van der Waals surface area contributed by atoms with E-state index in [1.165, 1.54) is 62.5 Å². The molecule has 2 saturated carbocycles. The number of aryl methyl sites for hydroxylation is 1. The number of hydrogen-bond donors (Lipinski definition) is 5. The van der Waals surface area contributed by atoms with Crippen molar-refractivity contribution in [3.05, 3.63) is 59.7 Å². The largest absolute Gasteiger partial charge is 0.508 e. The third-order valence-electron chi connectivity index (χ3n) is 10.4. The number of phenolic OH excluding ortho intramolecular Hbond substituents is 2. The van der Waals surface area contributed by atoms with Crippen LogP contribution >= 0.6 is 0 Å². The zero-order valence-electron chi connectivity index (χ0n) is 35.7. The van der Waals surface area contributed by atoms with E-state index in [2.05, 4.69) is 65.2 Å². The van der Waals surface area contributed by atoms with Gasteiger partial charge in [0, 0.05) is 6.42 Å². The summed E-state index contributed by atoms with van der Waals surface area (Å²) in [7, 11) is 0. The van der Waals surface area contributed by atoms with Crippen LogP contribution in [0.15, 0.2) is 48.5 Å². The van der Waals surface area contributed by atoms with Crippen molar-refractivity contribution in [1.29, 1.82) is 0 Å². The Morgan fingerprint density at radius 2 is 1.06 bits per heavy atom. The van der Waals surface area contributed by atoms with Crippen molar-refractivity contribution >= 4 is 5.97 Å². The Morgan fingerprint density at radius 1 is 0.611 bits per heavy atom. The average Bonchev–Trinajstić information content (AvgIpc) is 3.59. The lowest BCUT2D eigenvalue weighted by molar-refractivity contribution is -0.253. The molecule has 0 heterocycles. The lowest BCUT2D eigenvalue weighted by Gasteiger charge is -2.30. The molecule has 2 aromatic carbocycles. The van der Waals surface area contributed by atoms with Crippen LogP contribution in [-0.4, -0.2) is 45.0 Å². The molecule has 312 valence electrons. The third-order valence-corrected chi connectivity index (χ3v) is 10.4. The second-order valence-corrected chi connectivity index (χ2v) is 17.5. The Balaban J connectivity index is 0.000000655. The molecule has 8 nitrogen and oxygen atoms in total. The molecule has 4 atom stereocenters. The maximum atomic E-state index is 9.90. The van der Waals surface area contributed by atoms with Gasteiger partial charge in [0.15, 0.2) is 0 Å². The highest BCUT2D eigenvalue weighted by molar-refractivity contribution is 5.66. The van der Waals surface area contributed by atoms with Gasteiger partial charge >= 0.3 is 5.97 Å². The van der Waals surface area contributed by atoms with E-state index >= 15 is 0 Å². The lowest BCUT2D eigenvalue weighted by atomic mass is 9.76. The van der Waals surface area contributed by atoms with Crippen molar-refractivity contribution < 1.29 is 40.4 Å². The summed E-state index contributed by atoms with van der Waals surface area (Å²) in [5.41, 5.74) is 2.60. The second kappa shape index (κ2) is 30.6. The van der Waals surface area contributed by atoms with E-state index in [1.54, 1.807) is 24.3 Å². The van der Waals surface area contributed by atoms with Crippen LogP contribution in [-0.2, 0) is 27.4 Å². The summed E-state index contributed by atoms with van der Waals surface area (Å²) < 4.78 is 0. The number of hydrogen-bond acceptors (Lipinski definition) is 7. The molecule has 0 aliphatic heterocycles. The van der Waals surface area contributed by atoms with E-state index in [4.69, 9.17) is 25.8 Å². The number of carbonyl (C=O) groups is 1. The third kappa shape index (κ3) is 27.9. The monoisotopic (exact) mass is 761 g/mol. The van der Waals surface area contributed by atoms with Crippen LogP contribution in [0, 0.1) is 53.3 Å². The number of benzene rings is 2. The highest BCUT2D eigenvalue weighted by Crippen LogP contribution is 2.35. The molecule has 8 heteroatoms. The molecule has 5 N–H and O–H groups in total. The van der Waals surface area contributed by atoms with Crippen LogP contribution in [0.3, 0.4) is 0 Å². The summed E-state index contributed by atoms with van der Waals surface area (Å²) in [6.07, 6.45) is 13.4. The van der Waals surface area contributed by atoms with E-state index in [0.29, 0.717) is 54.8 Å². The molecule has 54 heavy (non-hydrogen) atoms. The van der Waals surface area contributed by atoms with Gasteiger partial charge in [0.25, 0.3) is 0 Å². The zero-order chi connectivity index (χ0) is 41.1. The van der Waals surface area contributed by atoms with Gasteiger partial charge in [0.05, 0.1) is 13.2 Å². The first-order valence-corrected chi connectivity index (χ1v) is 20.8. The van der Waals surface area contributed by atoms with Crippen LogP contribution in [0.1, 0.15) is 145 Å². The van der Waals surface area contributed by atoms with Gasteiger partial charge in [-0.25, -0.2) is 9.78 Å². The standard InChI is InChI=1S/C11H16O.C10H20O2.C10H14O.C9H18O2.C6H12O2/c1-9(2)3-4-10-5-7-11(12)8-6-10;1-8(2)10-5-3-4-9(6-10)7-12-11;1-8(2)7-9-3-5-10(11)6-4-9;1-7(2)9-4-3-8(5-9)6-11-10;1-5(2)3-4-6(7)8/h5-9,12H,3-4H2,1-2H3;8-11H,3-7H2,1-2H3;3-6,8,11H,7H2,1-2H3;7-10H,3-6H2,1-2H3;5H,3-4H2,1-2H3,(H,7,8). The number of phenols is 2. The molecule has 4 unspecified atom stereocenters. The molecular formula is C46H80O8. The van der Waals surface area contributed by atoms with Gasteiger partial charge in [-0.15, -0.1) is 0 Å². The quantitative estimate of drug-likeness (QED) is 0.0948. The van der Waals surface area contributed by atoms with E-state index in [0.717, 1.165) is 48.9 Å². The fraction of sp³-hybridized carbons (Fsp3) is 0.717. The lowest BCUT2D eigenvalue weighted by Crippen LogP contribution is -2.22. The van der Waals surface area contributed by atoms with Gasteiger partial charge < -0.3 is 15.3 Å². The summed E-state index contributed by atoms with van der Waals surface area (Å²) >= 11 is 0. The maximum Gasteiger partial charge on any atom is 0.303 e. The first-order valence-electron chi connectivity index (χ1n) is 20.8. The summed E-state index contributed by atoms with van der Waals surface area (Å²) in [4.78, 5) is 18.3. The van der Waals surface area contributed by atoms with E-state index in [1.807, 2.05) is 38.1 Å². The van der Waals surface area contributed by atoms with Gasteiger partial charge in [-0.2, -0.15) is 0 Å². The first kappa shape index (κ1) is 51.4. The number of aliphatic carboxylic acids is 1. The van der Waals surface area contributed by atoms with Gasteiger partial charge in [-0.1, -0.05) is 106 Å². The van der Waals surface area contributed by atoms with Crippen LogP contribution in [0.2, 0.25) is 0 Å². The predicted octanol–water partition coefficient (Wildman–Crippen LogP) is 12.6. The minimum atomic E-state index is -0.696. The topological polar surface area (TPSA) is 137 Å². The van der Waals surface area contributed by atoms with Gasteiger partial charge in [0.2, 0.25) is 0 Å². The first-order chi connectivity index (χ1) is 25.5. The van der Waals surface area contributed by atoms with Gasteiger partial charge in [0.1, 0.15) is 11.5 Å². The van der Waals surface area contributed by atoms with Crippen LogP contribution in [0.4, 0.5) is 0 Å². The highest BCUT2D eigenvalue weighted by Gasteiger charge is 2.26. The van der Waals surface area contributed by atoms with Gasteiger partial charge in [-0.05, 0) is 146 Å². The molecule has 0 saturated heterocycles. The molecule has 4 rings (SSSR count). The molecule has 2 aromatic rings. The minimum Gasteiger partial charge on any atom is -0.508 e. The molecule has 0 spiro atoms. The van der Waals surface area contributed by atoms with Crippen molar-refractivity contribution in [1.82, 2.24) is 0 Å². The summed E-state index contributed by atoms with van der Waals surface area (Å²) in [6.45, 7) is 23.0. The molecule has 0 amide bonds. The predicted molar refractivity (Wildman–Crippen MR) is 223 cm³/mol. The number of rotatable bonds is 14. The Morgan fingerprint density at radius 3 is 1.43 bits per heavy atom. The molecule has 2 aliphatic rings. The minimum absolute atomic E-state index is 0.303. The Labute approximate surface area is 329 Å². The smallest absolute Gasteiger partial charge is 0.303 e. The van der Waals surface area contributed by atoms with Crippen molar-refractivity contribution in [2.24, 2.45) is 53.3 Å². The Bertz CT molecular complexity index is 1160. The number of aromatic hydroxyl groups is 2.